The van der Waals surface area contributed by atoms with Crippen molar-refractivity contribution in [3.63, 3.8) is 0 Å². The maximum Gasteiger partial charge on any atom is 0.312 e. The Labute approximate surface area is 142 Å². The van der Waals surface area contributed by atoms with Crippen LogP contribution in [-0.2, 0) is 4.79 Å². The average molecular weight is 329 g/mol. The molecule has 0 saturated heterocycles. The number of hydrogen-bond donors (Lipinski definition) is 2. The van der Waals surface area contributed by atoms with Gasteiger partial charge in [0.2, 0.25) is 0 Å². The molecule has 2 N–H and O–H groups in total. The fourth-order valence-electron chi connectivity index (χ4n) is 3.46. The van der Waals surface area contributed by atoms with E-state index in [0.29, 0.717) is 19.5 Å². The molecule has 0 aliphatic rings. The number of aliphatic hydroxyl groups is 1. The molecule has 0 saturated carbocycles. The van der Waals surface area contributed by atoms with E-state index in [4.69, 9.17) is 0 Å². The number of hydrogen-bond acceptors (Lipinski definition) is 2. The molecule has 136 valence electrons. The highest BCUT2D eigenvalue weighted by Crippen LogP contribution is 2.19. The van der Waals surface area contributed by atoms with E-state index in [-0.39, 0.29) is 12.0 Å². The third-order valence-electron chi connectivity index (χ3n) is 4.51. The molecule has 0 spiro atoms. The van der Waals surface area contributed by atoms with Gasteiger partial charge in [0.25, 0.3) is 0 Å². The van der Waals surface area contributed by atoms with Gasteiger partial charge < -0.3 is 14.7 Å². The second-order valence-electron chi connectivity index (χ2n) is 6.71. The van der Waals surface area contributed by atoms with E-state index in [1.165, 1.54) is 0 Å². The Bertz CT molecular complexity index is 336. The van der Waals surface area contributed by atoms with Crippen LogP contribution in [0, 0.1) is 5.92 Å². The third-order valence-corrected chi connectivity index (χ3v) is 4.51. The molecule has 0 aliphatic carbocycles. The van der Waals surface area contributed by atoms with Gasteiger partial charge in [0.05, 0.1) is 19.6 Å². The quantitative estimate of drug-likeness (QED) is 0.376. The maximum atomic E-state index is 11.5. The van der Waals surface area contributed by atoms with Crippen molar-refractivity contribution >= 4 is 5.97 Å². The van der Waals surface area contributed by atoms with Crippen molar-refractivity contribution in [2.75, 3.05) is 26.2 Å². The number of rotatable bonds is 14. The van der Waals surface area contributed by atoms with E-state index >= 15 is 0 Å². The summed E-state index contributed by atoms with van der Waals surface area (Å²) in [4.78, 5) is 11.5. The van der Waals surface area contributed by atoms with Gasteiger partial charge in [-0.3, -0.25) is 4.79 Å². The van der Waals surface area contributed by atoms with Crippen LogP contribution in [0.1, 0.15) is 66.2 Å². The van der Waals surface area contributed by atoms with E-state index in [1.54, 1.807) is 0 Å². The van der Waals surface area contributed by atoms with Gasteiger partial charge >= 0.3 is 5.97 Å². The first kappa shape index (κ1) is 22.1. The first-order chi connectivity index (χ1) is 10.9. The summed E-state index contributed by atoms with van der Waals surface area (Å²) in [6, 6.07) is 0. The fourth-order valence-corrected chi connectivity index (χ4v) is 3.46. The summed E-state index contributed by atoms with van der Waals surface area (Å²) < 4.78 is 0.733. The topological polar surface area (TPSA) is 57.5 Å². The first-order valence-corrected chi connectivity index (χ1v) is 9.35. The molecular weight excluding hydrogens is 290 g/mol. The molecule has 0 aromatic rings. The molecule has 4 heteroatoms. The standard InChI is InChI=1S/C19H37NO3/c1-5-9-10-11-12-18(21)16-20(13-6-2,14-7-3)15-17(8-4)19(22)23/h9-10,17-18,21H,5-8,11-16H2,1-4H3/p+1/b10-9+. The normalized spacial score (nSPS) is 15.0. The Hall–Kier alpha value is -0.870. The highest BCUT2D eigenvalue weighted by atomic mass is 16.4. The van der Waals surface area contributed by atoms with Crippen LogP contribution in [-0.4, -0.2) is 52.9 Å². The molecule has 0 amide bonds. The summed E-state index contributed by atoms with van der Waals surface area (Å²) >= 11 is 0. The Balaban J connectivity index is 4.94. The molecule has 0 aromatic carbocycles. The lowest BCUT2D eigenvalue weighted by atomic mass is 10.0. The number of quaternary nitrogens is 1. The zero-order chi connectivity index (χ0) is 17.7. The lowest BCUT2D eigenvalue weighted by molar-refractivity contribution is -0.933. The Kier molecular flexibility index (Phi) is 12.1. The molecule has 0 radical (unpaired) electrons. The van der Waals surface area contributed by atoms with Crippen molar-refractivity contribution in [1.29, 1.82) is 0 Å². The number of aliphatic hydroxyl groups excluding tert-OH is 1. The number of aliphatic carboxylic acids is 1. The highest BCUT2D eigenvalue weighted by molar-refractivity contribution is 5.69. The van der Waals surface area contributed by atoms with E-state index in [1.807, 2.05) is 6.92 Å². The lowest BCUT2D eigenvalue weighted by Gasteiger charge is -2.41. The Morgan fingerprint density at radius 1 is 1.04 bits per heavy atom. The summed E-state index contributed by atoms with van der Waals surface area (Å²) in [5.74, 6) is -1.03. The molecule has 0 aromatic heterocycles. The summed E-state index contributed by atoms with van der Waals surface area (Å²) in [5.41, 5.74) is 0. The third kappa shape index (κ3) is 9.11. The van der Waals surface area contributed by atoms with Crippen molar-refractivity contribution in [3.05, 3.63) is 12.2 Å². The van der Waals surface area contributed by atoms with Gasteiger partial charge in [0.15, 0.2) is 0 Å². The fraction of sp³-hybridized carbons (Fsp3) is 0.842. The number of carboxylic acids is 1. The minimum Gasteiger partial charge on any atom is -0.481 e. The second kappa shape index (κ2) is 12.5. The molecule has 2 atom stereocenters. The van der Waals surface area contributed by atoms with Gasteiger partial charge in [-0.15, -0.1) is 0 Å². The number of carboxylic acid groups (broad SMARTS) is 1. The van der Waals surface area contributed by atoms with E-state index < -0.39 is 5.97 Å². The van der Waals surface area contributed by atoms with Gasteiger partial charge in [-0.2, -0.15) is 0 Å². The van der Waals surface area contributed by atoms with E-state index in [0.717, 1.165) is 49.7 Å². The van der Waals surface area contributed by atoms with Gasteiger partial charge in [0, 0.05) is 0 Å². The van der Waals surface area contributed by atoms with Crippen molar-refractivity contribution in [2.24, 2.45) is 5.92 Å². The smallest absolute Gasteiger partial charge is 0.312 e. The van der Waals surface area contributed by atoms with E-state index in [2.05, 4.69) is 32.9 Å². The Morgan fingerprint density at radius 2 is 1.65 bits per heavy atom. The number of allylic oxidation sites excluding steroid dienone is 2. The minimum absolute atomic E-state index is 0.319. The zero-order valence-corrected chi connectivity index (χ0v) is 15.6. The van der Waals surface area contributed by atoms with Crippen LogP contribution in [0.15, 0.2) is 12.2 Å². The highest BCUT2D eigenvalue weighted by Gasteiger charge is 2.34. The summed E-state index contributed by atoms with van der Waals surface area (Å²) in [6.45, 7) is 11.5. The molecule has 0 fully saturated rings. The van der Waals surface area contributed by atoms with Crippen molar-refractivity contribution < 1.29 is 19.5 Å². The van der Waals surface area contributed by atoms with Crippen LogP contribution in [0.2, 0.25) is 0 Å². The minimum atomic E-state index is -0.706. The molecule has 0 rings (SSSR count). The van der Waals surface area contributed by atoms with Crippen LogP contribution in [0.25, 0.3) is 0 Å². The number of nitrogens with zero attached hydrogens (tertiary/aromatic N) is 1. The first-order valence-electron chi connectivity index (χ1n) is 9.35. The largest absolute Gasteiger partial charge is 0.481 e. The molecule has 23 heavy (non-hydrogen) atoms. The number of carbonyl (C=O) groups is 1. The van der Waals surface area contributed by atoms with Crippen LogP contribution in [0.5, 0.6) is 0 Å². The molecule has 0 heterocycles. The summed E-state index contributed by atoms with van der Waals surface area (Å²) in [5, 5.41) is 19.9. The van der Waals surface area contributed by atoms with Crippen molar-refractivity contribution in [3.8, 4) is 0 Å². The van der Waals surface area contributed by atoms with Crippen LogP contribution >= 0.6 is 0 Å². The van der Waals surface area contributed by atoms with Gasteiger partial charge in [0.1, 0.15) is 18.6 Å². The van der Waals surface area contributed by atoms with Crippen molar-refractivity contribution in [1.82, 2.24) is 0 Å². The predicted molar refractivity (Wildman–Crippen MR) is 96.4 cm³/mol. The van der Waals surface area contributed by atoms with Crippen LogP contribution in [0.4, 0.5) is 0 Å². The SMILES string of the molecule is CC/C=C/CCC(O)C[N+](CCC)(CCC)CC(CC)C(=O)O. The van der Waals surface area contributed by atoms with Gasteiger partial charge in [-0.1, -0.05) is 39.8 Å². The molecule has 4 nitrogen and oxygen atoms in total. The van der Waals surface area contributed by atoms with Crippen LogP contribution in [0.3, 0.4) is 0 Å². The zero-order valence-electron chi connectivity index (χ0n) is 15.6. The Morgan fingerprint density at radius 3 is 2.09 bits per heavy atom. The van der Waals surface area contributed by atoms with Gasteiger partial charge in [-0.05, 0) is 38.5 Å². The molecule has 2 unspecified atom stereocenters. The molecular formula is C19H38NO3+. The second-order valence-corrected chi connectivity index (χ2v) is 6.71. The predicted octanol–water partition coefficient (Wildman–Crippen LogP) is 3.84. The van der Waals surface area contributed by atoms with Gasteiger partial charge in [-0.25, -0.2) is 0 Å². The molecule has 0 aliphatic heterocycles. The summed E-state index contributed by atoms with van der Waals surface area (Å²) in [7, 11) is 0. The van der Waals surface area contributed by atoms with Crippen molar-refractivity contribution in [2.45, 2.75) is 72.3 Å². The maximum absolute atomic E-state index is 11.5. The molecule has 0 bridgehead atoms. The van der Waals surface area contributed by atoms with Crippen LogP contribution < -0.4 is 0 Å². The van der Waals surface area contributed by atoms with E-state index in [9.17, 15) is 15.0 Å². The average Bonchev–Trinajstić information content (AvgIpc) is 2.49. The summed E-state index contributed by atoms with van der Waals surface area (Å²) in [6.07, 6.45) is 9.25. The monoisotopic (exact) mass is 328 g/mol. The lowest BCUT2D eigenvalue weighted by Crippen LogP contribution is -2.56.